The van der Waals surface area contributed by atoms with Gasteiger partial charge in [0.15, 0.2) is 0 Å². The molecule has 0 aromatic heterocycles. The van der Waals surface area contributed by atoms with E-state index in [1.807, 2.05) is 11.8 Å². The lowest BCUT2D eigenvalue weighted by Gasteiger charge is -2.42. The van der Waals surface area contributed by atoms with Crippen LogP contribution in [0.3, 0.4) is 0 Å². The van der Waals surface area contributed by atoms with Crippen molar-refractivity contribution in [3.63, 3.8) is 0 Å². The van der Waals surface area contributed by atoms with Gasteiger partial charge >= 0.3 is 5.97 Å². The molecule has 0 saturated heterocycles. The molecular formula is C15H20N4O5. The quantitative estimate of drug-likeness (QED) is 0.381. The lowest BCUT2D eigenvalue weighted by molar-refractivity contribution is -0.384. The fraction of sp³-hybridized carbons (Fsp3) is 0.467. The molecule has 1 amide bonds. The molecule has 9 heteroatoms. The summed E-state index contributed by atoms with van der Waals surface area (Å²) in [5.41, 5.74) is 5.78. The number of hydrogen-bond donors (Lipinski definition) is 3. The van der Waals surface area contributed by atoms with E-state index in [4.69, 9.17) is 10.8 Å². The van der Waals surface area contributed by atoms with Crippen LogP contribution in [0.5, 0.6) is 0 Å². The predicted octanol–water partition coefficient (Wildman–Crippen LogP) is 0.844. The van der Waals surface area contributed by atoms with E-state index in [2.05, 4.69) is 5.32 Å². The molecular weight excluding hydrogens is 316 g/mol. The van der Waals surface area contributed by atoms with Crippen molar-refractivity contribution in [2.75, 3.05) is 18.8 Å². The first-order valence-corrected chi connectivity index (χ1v) is 7.62. The zero-order valence-corrected chi connectivity index (χ0v) is 13.3. The zero-order chi connectivity index (χ0) is 17.9. The number of rotatable bonds is 7. The average molecular weight is 336 g/mol. The Balaban J connectivity index is 1.94. The molecule has 130 valence electrons. The average Bonchev–Trinajstić information content (AvgIpc) is 2.48. The molecule has 0 bridgehead atoms. The Hall–Kier alpha value is -2.68. The number of nitrogen functional groups attached to an aromatic ring is 1. The maximum absolute atomic E-state index is 12.2. The smallest absolute Gasteiger partial charge is 0.317 e. The van der Waals surface area contributed by atoms with Gasteiger partial charge in [0.25, 0.3) is 11.6 Å². The number of nitro groups is 1. The lowest BCUT2D eigenvalue weighted by atomic mass is 9.85. The SMILES string of the molecule is CCN(CC(=O)O)C1CC(NC(=O)c2cc([N+](=O)[O-])ccc2N)C1. The number of nitrogens with two attached hydrogens (primary N) is 1. The number of amides is 1. The van der Waals surface area contributed by atoms with E-state index >= 15 is 0 Å². The van der Waals surface area contributed by atoms with E-state index < -0.39 is 16.8 Å². The highest BCUT2D eigenvalue weighted by Gasteiger charge is 2.35. The monoisotopic (exact) mass is 336 g/mol. The molecule has 1 aromatic carbocycles. The first-order valence-electron chi connectivity index (χ1n) is 7.62. The van der Waals surface area contributed by atoms with Crippen molar-refractivity contribution in [1.29, 1.82) is 0 Å². The molecule has 0 radical (unpaired) electrons. The molecule has 24 heavy (non-hydrogen) atoms. The Kier molecular flexibility index (Phi) is 5.35. The first-order chi connectivity index (χ1) is 11.3. The number of anilines is 1. The van der Waals surface area contributed by atoms with Crippen LogP contribution in [0.4, 0.5) is 11.4 Å². The van der Waals surface area contributed by atoms with Crippen molar-refractivity contribution < 1.29 is 19.6 Å². The fourth-order valence-electron chi connectivity index (χ4n) is 2.79. The summed E-state index contributed by atoms with van der Waals surface area (Å²) in [5, 5.41) is 22.4. The molecule has 1 aliphatic carbocycles. The summed E-state index contributed by atoms with van der Waals surface area (Å²) >= 11 is 0. The molecule has 1 saturated carbocycles. The molecule has 0 spiro atoms. The molecule has 2 rings (SSSR count). The summed E-state index contributed by atoms with van der Waals surface area (Å²) < 4.78 is 0. The van der Waals surface area contributed by atoms with E-state index in [9.17, 15) is 19.7 Å². The Labute approximate surface area is 138 Å². The second kappa shape index (κ2) is 7.26. The van der Waals surface area contributed by atoms with Gasteiger partial charge in [-0.1, -0.05) is 6.92 Å². The maximum Gasteiger partial charge on any atom is 0.317 e. The minimum Gasteiger partial charge on any atom is -0.480 e. The summed E-state index contributed by atoms with van der Waals surface area (Å²) in [7, 11) is 0. The standard InChI is InChI=1S/C15H20N4O5/c1-2-18(8-14(20)21)11-5-9(6-11)17-15(22)12-7-10(19(23)24)3-4-13(12)16/h3-4,7,9,11H,2,5-6,8,16H2,1H3,(H,17,22)(H,20,21). The molecule has 0 atom stereocenters. The molecule has 0 aliphatic heterocycles. The third-order valence-corrected chi connectivity index (χ3v) is 4.20. The van der Waals surface area contributed by atoms with E-state index in [1.165, 1.54) is 12.1 Å². The topological polar surface area (TPSA) is 139 Å². The second-order valence-corrected chi connectivity index (χ2v) is 5.78. The number of hydrogen-bond acceptors (Lipinski definition) is 6. The number of likely N-dealkylation sites (N-methyl/N-ethyl adjacent to an activating group) is 1. The third-order valence-electron chi connectivity index (χ3n) is 4.20. The van der Waals surface area contributed by atoms with Gasteiger partial charge in [0.1, 0.15) is 0 Å². The van der Waals surface area contributed by atoms with Crippen molar-refractivity contribution in [2.24, 2.45) is 0 Å². The molecule has 0 unspecified atom stereocenters. The van der Waals surface area contributed by atoms with E-state index in [0.29, 0.717) is 19.4 Å². The van der Waals surface area contributed by atoms with Crippen molar-refractivity contribution in [1.82, 2.24) is 10.2 Å². The van der Waals surface area contributed by atoms with Crippen LogP contribution in [0.2, 0.25) is 0 Å². The van der Waals surface area contributed by atoms with Crippen molar-refractivity contribution in [3.05, 3.63) is 33.9 Å². The number of carbonyl (C=O) groups is 2. The van der Waals surface area contributed by atoms with Gasteiger partial charge in [-0.05, 0) is 25.5 Å². The van der Waals surface area contributed by atoms with E-state index in [-0.39, 0.29) is 35.6 Å². The van der Waals surface area contributed by atoms with Crippen LogP contribution in [-0.2, 0) is 4.79 Å². The van der Waals surface area contributed by atoms with Crippen LogP contribution < -0.4 is 11.1 Å². The van der Waals surface area contributed by atoms with Gasteiger partial charge in [0, 0.05) is 29.9 Å². The Bertz CT molecular complexity index is 657. The number of nitrogens with one attached hydrogen (secondary N) is 1. The zero-order valence-electron chi connectivity index (χ0n) is 13.3. The second-order valence-electron chi connectivity index (χ2n) is 5.78. The Morgan fingerprint density at radius 2 is 2.12 bits per heavy atom. The van der Waals surface area contributed by atoms with Crippen LogP contribution in [0, 0.1) is 10.1 Å². The molecule has 0 heterocycles. The fourth-order valence-corrected chi connectivity index (χ4v) is 2.79. The molecule has 4 N–H and O–H groups in total. The van der Waals surface area contributed by atoms with Gasteiger partial charge < -0.3 is 16.2 Å². The lowest BCUT2D eigenvalue weighted by Crippen LogP contribution is -2.54. The van der Waals surface area contributed by atoms with Crippen LogP contribution in [-0.4, -0.2) is 52.0 Å². The van der Waals surface area contributed by atoms with Gasteiger partial charge in [-0.2, -0.15) is 0 Å². The Morgan fingerprint density at radius 1 is 1.46 bits per heavy atom. The number of benzene rings is 1. The number of nitro benzene ring substituents is 1. The largest absolute Gasteiger partial charge is 0.480 e. The van der Waals surface area contributed by atoms with Crippen LogP contribution in [0.15, 0.2) is 18.2 Å². The molecule has 1 aliphatic rings. The van der Waals surface area contributed by atoms with Crippen LogP contribution in [0.25, 0.3) is 0 Å². The minimum absolute atomic E-state index is 0.0281. The van der Waals surface area contributed by atoms with Gasteiger partial charge in [0.2, 0.25) is 0 Å². The van der Waals surface area contributed by atoms with E-state index in [0.717, 1.165) is 6.07 Å². The highest BCUT2D eigenvalue weighted by atomic mass is 16.6. The normalized spacial score (nSPS) is 19.6. The summed E-state index contributed by atoms with van der Waals surface area (Å²) in [6.45, 7) is 2.48. The molecule has 1 aromatic rings. The Morgan fingerprint density at radius 3 is 2.67 bits per heavy atom. The first kappa shape index (κ1) is 17.7. The van der Waals surface area contributed by atoms with Crippen molar-refractivity contribution in [2.45, 2.75) is 31.8 Å². The van der Waals surface area contributed by atoms with Crippen molar-refractivity contribution >= 4 is 23.3 Å². The number of nitrogens with zero attached hydrogens (tertiary/aromatic N) is 2. The van der Waals surface area contributed by atoms with Gasteiger partial charge in [-0.3, -0.25) is 24.6 Å². The van der Waals surface area contributed by atoms with Crippen molar-refractivity contribution in [3.8, 4) is 0 Å². The number of non-ortho nitro benzene ring substituents is 1. The summed E-state index contributed by atoms with van der Waals surface area (Å²) in [4.78, 5) is 35.1. The third kappa shape index (κ3) is 3.99. The molecule has 1 fully saturated rings. The summed E-state index contributed by atoms with van der Waals surface area (Å²) in [6.07, 6.45) is 1.28. The maximum atomic E-state index is 12.2. The molecule has 9 nitrogen and oxygen atoms in total. The van der Waals surface area contributed by atoms with Gasteiger partial charge in [-0.25, -0.2) is 0 Å². The highest BCUT2D eigenvalue weighted by Crippen LogP contribution is 2.27. The van der Waals surface area contributed by atoms with Crippen LogP contribution >= 0.6 is 0 Å². The van der Waals surface area contributed by atoms with Crippen LogP contribution in [0.1, 0.15) is 30.1 Å². The minimum atomic E-state index is -0.881. The van der Waals surface area contributed by atoms with E-state index in [1.54, 1.807) is 0 Å². The summed E-state index contributed by atoms with van der Waals surface area (Å²) in [5.74, 6) is -1.34. The summed E-state index contributed by atoms with van der Waals surface area (Å²) in [6, 6.07) is 3.76. The predicted molar refractivity (Wildman–Crippen MR) is 86.7 cm³/mol. The number of carboxylic acids is 1. The number of carbonyl (C=O) groups excluding carboxylic acids is 1. The van der Waals surface area contributed by atoms with Gasteiger partial charge in [-0.15, -0.1) is 0 Å². The number of carboxylic acid groups (broad SMARTS) is 1. The van der Waals surface area contributed by atoms with Gasteiger partial charge in [0.05, 0.1) is 17.0 Å². The number of aliphatic carboxylic acids is 1. The highest BCUT2D eigenvalue weighted by molar-refractivity contribution is 6.00.